The van der Waals surface area contributed by atoms with E-state index in [0.717, 1.165) is 18.4 Å². The highest BCUT2D eigenvalue weighted by atomic mass is 35.5. The lowest BCUT2D eigenvalue weighted by atomic mass is 9.95. The van der Waals surface area contributed by atoms with Crippen molar-refractivity contribution in [3.05, 3.63) is 34.9 Å². The van der Waals surface area contributed by atoms with E-state index in [1.807, 2.05) is 24.3 Å². The first kappa shape index (κ1) is 10.5. The van der Waals surface area contributed by atoms with Gasteiger partial charge in [-0.05, 0) is 36.8 Å². The van der Waals surface area contributed by atoms with E-state index in [1.165, 1.54) is 0 Å². The van der Waals surface area contributed by atoms with Crippen LogP contribution in [0.1, 0.15) is 18.4 Å². The molecule has 2 nitrogen and oxygen atoms in total. The smallest absolute Gasteiger partial charge is 0.307 e. The second-order valence-electron chi connectivity index (χ2n) is 4.08. The molecule has 0 bridgehead atoms. The van der Waals surface area contributed by atoms with Crippen molar-refractivity contribution in [2.75, 3.05) is 0 Å². The van der Waals surface area contributed by atoms with Crippen molar-refractivity contribution in [1.82, 2.24) is 0 Å². The molecule has 2 rings (SSSR count). The van der Waals surface area contributed by atoms with E-state index in [0.29, 0.717) is 17.4 Å². The monoisotopic (exact) mass is 224 g/mol. The average Bonchev–Trinajstić information content (AvgIpc) is 2.99. The summed E-state index contributed by atoms with van der Waals surface area (Å²) < 4.78 is 0. The van der Waals surface area contributed by atoms with Crippen molar-refractivity contribution in [2.24, 2.45) is 11.8 Å². The van der Waals surface area contributed by atoms with Crippen LogP contribution in [0.5, 0.6) is 0 Å². The number of hydrogen-bond acceptors (Lipinski definition) is 1. The maximum atomic E-state index is 11.1. The highest BCUT2D eigenvalue weighted by molar-refractivity contribution is 6.31. The second kappa shape index (κ2) is 4.23. The van der Waals surface area contributed by atoms with Gasteiger partial charge in [0.05, 0.1) is 5.92 Å². The Morgan fingerprint density at radius 2 is 2.13 bits per heavy atom. The summed E-state index contributed by atoms with van der Waals surface area (Å²) in [6.45, 7) is 0. The minimum atomic E-state index is -0.697. The topological polar surface area (TPSA) is 37.3 Å². The molecule has 80 valence electrons. The van der Waals surface area contributed by atoms with Crippen LogP contribution in [0.4, 0.5) is 0 Å². The van der Waals surface area contributed by atoms with Gasteiger partial charge < -0.3 is 5.11 Å². The van der Waals surface area contributed by atoms with Gasteiger partial charge in [-0.1, -0.05) is 29.8 Å². The van der Waals surface area contributed by atoms with Crippen molar-refractivity contribution in [1.29, 1.82) is 0 Å². The Balaban J connectivity index is 2.12. The van der Waals surface area contributed by atoms with Crippen molar-refractivity contribution >= 4 is 17.6 Å². The van der Waals surface area contributed by atoms with Gasteiger partial charge in [0.15, 0.2) is 0 Å². The largest absolute Gasteiger partial charge is 0.481 e. The molecule has 1 aliphatic rings. The van der Waals surface area contributed by atoms with Gasteiger partial charge in [-0.2, -0.15) is 0 Å². The van der Waals surface area contributed by atoms with E-state index < -0.39 is 5.97 Å². The van der Waals surface area contributed by atoms with E-state index >= 15 is 0 Å². The summed E-state index contributed by atoms with van der Waals surface area (Å²) in [6.07, 6.45) is 2.64. The van der Waals surface area contributed by atoms with E-state index in [4.69, 9.17) is 16.7 Å². The van der Waals surface area contributed by atoms with E-state index in [-0.39, 0.29) is 5.92 Å². The third kappa shape index (κ3) is 2.51. The van der Waals surface area contributed by atoms with E-state index in [2.05, 4.69) is 0 Å². The predicted molar refractivity (Wildman–Crippen MR) is 59.0 cm³/mol. The third-order valence-electron chi connectivity index (χ3n) is 2.91. The molecule has 15 heavy (non-hydrogen) atoms. The van der Waals surface area contributed by atoms with Gasteiger partial charge in [-0.25, -0.2) is 0 Å². The Kier molecular flexibility index (Phi) is 2.96. The molecule has 0 radical (unpaired) electrons. The lowest BCUT2D eigenvalue weighted by molar-refractivity contribution is -0.142. The van der Waals surface area contributed by atoms with Crippen molar-refractivity contribution in [3.8, 4) is 0 Å². The predicted octanol–water partition coefficient (Wildman–Crippen LogP) is 2.99. The van der Waals surface area contributed by atoms with Gasteiger partial charge in [0.2, 0.25) is 0 Å². The third-order valence-corrected chi connectivity index (χ3v) is 3.27. The summed E-state index contributed by atoms with van der Waals surface area (Å²) in [6, 6.07) is 7.47. The molecule has 0 aliphatic heterocycles. The lowest BCUT2D eigenvalue weighted by Gasteiger charge is -2.11. The van der Waals surface area contributed by atoms with Gasteiger partial charge in [-0.3, -0.25) is 4.79 Å². The molecule has 0 heterocycles. The summed E-state index contributed by atoms with van der Waals surface area (Å²) in [7, 11) is 0. The average molecular weight is 225 g/mol. The molecule has 0 saturated heterocycles. The molecule has 1 atom stereocenters. The zero-order valence-electron chi connectivity index (χ0n) is 8.32. The molecule has 1 aromatic rings. The Morgan fingerprint density at radius 1 is 1.47 bits per heavy atom. The quantitative estimate of drug-likeness (QED) is 0.854. The molecule has 1 N–H and O–H groups in total. The molecule has 1 saturated carbocycles. The Hall–Kier alpha value is -1.02. The fourth-order valence-corrected chi connectivity index (χ4v) is 2.07. The zero-order chi connectivity index (χ0) is 10.8. The Morgan fingerprint density at radius 3 is 2.67 bits per heavy atom. The highest BCUT2D eigenvalue weighted by Gasteiger charge is 2.36. The zero-order valence-corrected chi connectivity index (χ0v) is 9.07. The Bertz CT molecular complexity index is 372. The van der Waals surface area contributed by atoms with Gasteiger partial charge in [0.1, 0.15) is 0 Å². The van der Waals surface area contributed by atoms with Crippen LogP contribution in [-0.2, 0) is 11.2 Å². The number of rotatable bonds is 4. The van der Waals surface area contributed by atoms with Crippen LogP contribution in [0.2, 0.25) is 5.02 Å². The molecule has 3 heteroatoms. The summed E-state index contributed by atoms with van der Waals surface area (Å²) >= 11 is 6.01. The molecule has 1 aromatic carbocycles. The summed E-state index contributed by atoms with van der Waals surface area (Å²) in [4.78, 5) is 11.1. The number of carbonyl (C=O) groups is 1. The second-order valence-corrected chi connectivity index (χ2v) is 4.48. The molecule has 1 fully saturated rings. The van der Waals surface area contributed by atoms with Crippen molar-refractivity contribution in [2.45, 2.75) is 19.3 Å². The number of benzene rings is 1. The molecule has 1 aliphatic carbocycles. The molecular weight excluding hydrogens is 212 g/mol. The summed E-state index contributed by atoms with van der Waals surface area (Å²) in [5.41, 5.74) is 0.943. The van der Waals surface area contributed by atoms with E-state index in [9.17, 15) is 4.79 Å². The molecular formula is C12H13ClO2. The SMILES string of the molecule is O=C(O)C(Cc1ccccc1Cl)C1CC1. The maximum Gasteiger partial charge on any atom is 0.307 e. The number of aliphatic carboxylic acids is 1. The van der Waals surface area contributed by atoms with Gasteiger partial charge in [0, 0.05) is 5.02 Å². The number of carboxylic acids is 1. The van der Waals surface area contributed by atoms with Crippen LogP contribution in [0.3, 0.4) is 0 Å². The maximum absolute atomic E-state index is 11.1. The lowest BCUT2D eigenvalue weighted by Crippen LogP contribution is -2.18. The standard InChI is InChI=1S/C12H13ClO2/c13-11-4-2-1-3-9(11)7-10(12(14)15)8-5-6-8/h1-4,8,10H,5-7H2,(H,14,15). The summed E-state index contributed by atoms with van der Waals surface area (Å²) in [5, 5.41) is 9.76. The van der Waals surface area contributed by atoms with Gasteiger partial charge in [0.25, 0.3) is 0 Å². The normalized spacial score (nSPS) is 17.4. The fraction of sp³-hybridized carbons (Fsp3) is 0.417. The van der Waals surface area contributed by atoms with Crippen LogP contribution in [-0.4, -0.2) is 11.1 Å². The highest BCUT2D eigenvalue weighted by Crippen LogP contribution is 2.39. The Labute approximate surface area is 93.9 Å². The number of halogens is 1. The van der Waals surface area contributed by atoms with Gasteiger partial charge >= 0.3 is 5.97 Å². The first-order valence-electron chi connectivity index (χ1n) is 5.14. The van der Waals surface area contributed by atoms with Crippen LogP contribution >= 0.6 is 11.6 Å². The van der Waals surface area contributed by atoms with Crippen molar-refractivity contribution in [3.63, 3.8) is 0 Å². The summed E-state index contributed by atoms with van der Waals surface area (Å²) in [5.74, 6) is -0.596. The van der Waals surface area contributed by atoms with Crippen LogP contribution in [0.25, 0.3) is 0 Å². The van der Waals surface area contributed by atoms with Crippen LogP contribution in [0, 0.1) is 11.8 Å². The first-order valence-corrected chi connectivity index (χ1v) is 5.52. The fourth-order valence-electron chi connectivity index (χ4n) is 1.86. The molecule has 0 aromatic heterocycles. The molecule has 0 spiro atoms. The number of carboxylic acid groups (broad SMARTS) is 1. The van der Waals surface area contributed by atoms with Crippen LogP contribution < -0.4 is 0 Å². The molecule has 0 amide bonds. The minimum Gasteiger partial charge on any atom is -0.481 e. The number of hydrogen-bond donors (Lipinski definition) is 1. The minimum absolute atomic E-state index is 0.259. The van der Waals surface area contributed by atoms with Gasteiger partial charge in [-0.15, -0.1) is 0 Å². The molecule has 1 unspecified atom stereocenters. The van der Waals surface area contributed by atoms with Crippen molar-refractivity contribution < 1.29 is 9.90 Å². The van der Waals surface area contributed by atoms with Crippen LogP contribution in [0.15, 0.2) is 24.3 Å². The first-order chi connectivity index (χ1) is 7.18. The van der Waals surface area contributed by atoms with E-state index in [1.54, 1.807) is 0 Å².